The molecule has 0 amide bonds. The molecular weight excluding hydrogens is 408 g/mol. The van der Waals surface area contributed by atoms with Crippen molar-refractivity contribution < 1.29 is 15.0 Å². The third kappa shape index (κ3) is 3.58. The van der Waals surface area contributed by atoms with E-state index in [0.717, 1.165) is 25.7 Å². The maximum atomic E-state index is 11.1. The average Bonchev–Trinajstić information content (AvgIpc) is 3.02. The fraction of sp³-hybridized carbons (Fsp3) is 0.833. The summed E-state index contributed by atoms with van der Waals surface area (Å²) in [4.78, 5) is 11.1. The lowest BCUT2D eigenvalue weighted by Gasteiger charge is -2.64. The highest BCUT2D eigenvalue weighted by atomic mass is 16.4. The van der Waals surface area contributed by atoms with E-state index in [0.29, 0.717) is 40.1 Å². The van der Waals surface area contributed by atoms with Gasteiger partial charge in [0.2, 0.25) is 0 Å². The summed E-state index contributed by atoms with van der Waals surface area (Å²) in [6, 6.07) is 0. The van der Waals surface area contributed by atoms with Crippen LogP contribution in [0.2, 0.25) is 0 Å². The van der Waals surface area contributed by atoms with Crippen molar-refractivity contribution >= 4 is 5.97 Å². The molecule has 33 heavy (non-hydrogen) atoms. The van der Waals surface area contributed by atoms with Crippen LogP contribution in [0.25, 0.3) is 0 Å². The highest BCUT2D eigenvalue weighted by molar-refractivity contribution is 5.85. The van der Waals surface area contributed by atoms with Gasteiger partial charge in [0.15, 0.2) is 0 Å². The van der Waals surface area contributed by atoms with Crippen LogP contribution in [0.4, 0.5) is 0 Å². The normalized spacial score (nSPS) is 45.5. The Labute approximate surface area is 202 Å². The molecule has 0 saturated heterocycles. The van der Waals surface area contributed by atoms with Crippen LogP contribution < -0.4 is 0 Å². The Morgan fingerprint density at radius 3 is 2.45 bits per heavy atom. The minimum Gasteiger partial charge on any atom is -0.478 e. The van der Waals surface area contributed by atoms with E-state index in [2.05, 4.69) is 47.6 Å². The zero-order valence-electron chi connectivity index (χ0n) is 22.2. The Balaban J connectivity index is 1.59. The zero-order valence-corrected chi connectivity index (χ0v) is 22.2. The largest absolute Gasteiger partial charge is 0.478 e. The molecule has 3 heteroatoms. The molecule has 0 aromatic heterocycles. The fourth-order valence-electron chi connectivity index (χ4n) is 9.52. The molecule has 2 N–H and O–H groups in total. The third-order valence-corrected chi connectivity index (χ3v) is 12.0. The molecule has 0 spiro atoms. The molecule has 3 saturated carbocycles. The maximum Gasteiger partial charge on any atom is 0.330 e. The topological polar surface area (TPSA) is 57.5 Å². The number of fused-ring (bicyclic) bond motifs is 5. The summed E-state index contributed by atoms with van der Waals surface area (Å²) in [6.07, 6.45) is 14.7. The zero-order chi connectivity index (χ0) is 24.4. The molecule has 3 nitrogen and oxygen atoms in total. The molecule has 0 aromatic carbocycles. The van der Waals surface area contributed by atoms with E-state index >= 15 is 0 Å². The number of carboxylic acids is 1. The maximum absolute atomic E-state index is 11.1. The molecule has 0 aliphatic heterocycles. The fourth-order valence-corrected chi connectivity index (χ4v) is 9.52. The predicted molar refractivity (Wildman–Crippen MR) is 135 cm³/mol. The highest BCUT2D eigenvalue weighted by Gasteiger charge is 2.65. The molecule has 5 unspecified atom stereocenters. The van der Waals surface area contributed by atoms with Gasteiger partial charge in [-0.1, -0.05) is 59.3 Å². The predicted octanol–water partition coefficient (Wildman–Crippen LogP) is 7.40. The summed E-state index contributed by atoms with van der Waals surface area (Å²) in [6.45, 7) is 16.5. The van der Waals surface area contributed by atoms with Crippen LogP contribution in [0.3, 0.4) is 0 Å². The monoisotopic (exact) mass is 456 g/mol. The van der Waals surface area contributed by atoms with Crippen molar-refractivity contribution in [2.24, 2.45) is 45.3 Å². The van der Waals surface area contributed by atoms with Gasteiger partial charge in [0.1, 0.15) is 0 Å². The standard InChI is InChI=1S/C30H48O3/c1-19(9-8-10-20(2)26(32)33)21-13-17-30(7)23-11-12-24-27(3,4)25(31)15-16-28(24,5)22(23)14-18-29(21,30)6/h10,14,19,21,23-25,31H,8-9,11-13,15-18H2,1-7H3,(H,32,33)/t19?,21?,23?,24?,25?,28-,29-,30+/m1/s1. The van der Waals surface area contributed by atoms with Crippen LogP contribution in [0.15, 0.2) is 23.3 Å². The van der Waals surface area contributed by atoms with Gasteiger partial charge >= 0.3 is 5.97 Å². The summed E-state index contributed by atoms with van der Waals surface area (Å²) in [5, 5.41) is 20.0. The van der Waals surface area contributed by atoms with E-state index in [1.807, 2.05) is 6.08 Å². The number of rotatable bonds is 5. The van der Waals surface area contributed by atoms with Crippen LogP contribution in [0, 0.1) is 45.3 Å². The van der Waals surface area contributed by atoms with Crippen LogP contribution in [-0.2, 0) is 4.79 Å². The van der Waals surface area contributed by atoms with Crippen molar-refractivity contribution in [1.29, 1.82) is 0 Å². The van der Waals surface area contributed by atoms with Crippen LogP contribution in [0.1, 0.15) is 106 Å². The second-order valence-corrected chi connectivity index (χ2v) is 13.6. The van der Waals surface area contributed by atoms with Gasteiger partial charge in [-0.25, -0.2) is 4.79 Å². The first-order chi connectivity index (χ1) is 15.3. The molecule has 0 aromatic rings. The Hall–Kier alpha value is -1.09. The van der Waals surface area contributed by atoms with E-state index in [1.165, 1.54) is 32.1 Å². The number of aliphatic hydroxyl groups excluding tert-OH is 1. The number of carbonyl (C=O) groups is 1. The molecule has 186 valence electrons. The number of hydrogen-bond donors (Lipinski definition) is 2. The van der Waals surface area contributed by atoms with Crippen molar-refractivity contribution in [1.82, 2.24) is 0 Å². The molecule has 8 atom stereocenters. The van der Waals surface area contributed by atoms with E-state index in [-0.39, 0.29) is 16.9 Å². The van der Waals surface area contributed by atoms with Gasteiger partial charge in [0.25, 0.3) is 0 Å². The van der Waals surface area contributed by atoms with Gasteiger partial charge in [-0.05, 0) is 110 Å². The summed E-state index contributed by atoms with van der Waals surface area (Å²) >= 11 is 0. The van der Waals surface area contributed by atoms with Crippen molar-refractivity contribution in [3.05, 3.63) is 23.3 Å². The van der Waals surface area contributed by atoms with Crippen molar-refractivity contribution in [3.8, 4) is 0 Å². The van der Waals surface area contributed by atoms with E-state index in [1.54, 1.807) is 12.5 Å². The van der Waals surface area contributed by atoms with Crippen molar-refractivity contribution in [2.45, 2.75) is 112 Å². The molecule has 4 rings (SSSR count). The summed E-state index contributed by atoms with van der Waals surface area (Å²) in [7, 11) is 0. The van der Waals surface area contributed by atoms with Crippen molar-refractivity contribution in [2.75, 3.05) is 0 Å². The Morgan fingerprint density at radius 1 is 1.09 bits per heavy atom. The Bertz CT molecular complexity index is 853. The first-order valence-electron chi connectivity index (χ1n) is 13.6. The summed E-state index contributed by atoms with van der Waals surface area (Å²) in [5.41, 5.74) is 3.11. The molecule has 3 fully saturated rings. The number of aliphatic hydroxyl groups is 1. The molecular formula is C30H48O3. The van der Waals surface area contributed by atoms with Gasteiger partial charge in [-0.15, -0.1) is 0 Å². The average molecular weight is 457 g/mol. The number of hydrogen-bond acceptors (Lipinski definition) is 2. The third-order valence-electron chi connectivity index (χ3n) is 12.0. The van der Waals surface area contributed by atoms with E-state index in [4.69, 9.17) is 5.11 Å². The molecule has 0 heterocycles. The van der Waals surface area contributed by atoms with Crippen LogP contribution in [0.5, 0.6) is 0 Å². The first-order valence-corrected chi connectivity index (χ1v) is 13.6. The summed E-state index contributed by atoms with van der Waals surface area (Å²) in [5.74, 6) is 1.77. The van der Waals surface area contributed by atoms with Gasteiger partial charge in [0.05, 0.1) is 6.10 Å². The SMILES string of the molecule is CC(=CCCC(C)C1CC[C@@]2(C)C3CCC4C(C)(C)C(O)CC[C@]4(C)C3=CC[C@]12C)C(=O)O. The Kier molecular flexibility index (Phi) is 6.25. The van der Waals surface area contributed by atoms with Gasteiger partial charge < -0.3 is 10.2 Å². The quantitative estimate of drug-likeness (QED) is 0.335. The van der Waals surface area contributed by atoms with Gasteiger partial charge in [-0.3, -0.25) is 0 Å². The molecule has 4 aliphatic rings. The molecule has 0 radical (unpaired) electrons. The van der Waals surface area contributed by atoms with E-state index < -0.39 is 5.97 Å². The van der Waals surface area contributed by atoms with Crippen LogP contribution in [-0.4, -0.2) is 22.3 Å². The second-order valence-electron chi connectivity index (χ2n) is 13.6. The number of allylic oxidation sites excluding steroid dienone is 3. The van der Waals surface area contributed by atoms with Crippen molar-refractivity contribution in [3.63, 3.8) is 0 Å². The second kappa shape index (κ2) is 8.25. The molecule has 4 aliphatic carbocycles. The van der Waals surface area contributed by atoms with E-state index in [9.17, 15) is 9.90 Å². The summed E-state index contributed by atoms with van der Waals surface area (Å²) < 4.78 is 0. The molecule has 0 bridgehead atoms. The number of carboxylic acid groups (broad SMARTS) is 1. The smallest absolute Gasteiger partial charge is 0.330 e. The van der Waals surface area contributed by atoms with Crippen LogP contribution >= 0.6 is 0 Å². The number of aliphatic carboxylic acids is 1. The minimum absolute atomic E-state index is 0.00517. The minimum atomic E-state index is -0.796. The first kappa shape index (κ1) is 25.0. The lowest BCUT2D eigenvalue weighted by atomic mass is 9.41. The van der Waals surface area contributed by atoms with Gasteiger partial charge in [-0.2, -0.15) is 0 Å². The highest BCUT2D eigenvalue weighted by Crippen LogP contribution is 2.73. The van der Waals surface area contributed by atoms with Gasteiger partial charge in [0, 0.05) is 5.57 Å². The lowest BCUT2D eigenvalue weighted by Crippen LogP contribution is -2.57. The lowest BCUT2D eigenvalue weighted by molar-refractivity contribution is -0.132. The Morgan fingerprint density at radius 2 is 1.79 bits per heavy atom.